The molecule has 162 valence electrons. The zero-order valence-corrected chi connectivity index (χ0v) is 17.1. The standard InChI is InChI=1S/C25H22N2O5/c26-12-16-10-9-15(11-22(16)28)24(30)23(29)13-27-25(31)32-14-21-19-7-3-1-5-17(19)18-6-2-4-8-20(18)21/h1-11,21,23-24,28-30H,13-14H2,(H,27,31). The van der Waals surface area contributed by atoms with Crippen LogP contribution in [0.5, 0.6) is 5.75 Å². The van der Waals surface area contributed by atoms with Gasteiger partial charge in [0, 0.05) is 12.5 Å². The Balaban J connectivity index is 1.34. The van der Waals surface area contributed by atoms with Crippen molar-refractivity contribution in [2.45, 2.75) is 18.1 Å². The molecule has 4 rings (SSSR count). The third-order valence-corrected chi connectivity index (χ3v) is 5.65. The van der Waals surface area contributed by atoms with E-state index in [2.05, 4.69) is 5.32 Å². The van der Waals surface area contributed by atoms with Gasteiger partial charge in [-0.1, -0.05) is 54.6 Å². The van der Waals surface area contributed by atoms with Gasteiger partial charge < -0.3 is 25.4 Å². The lowest BCUT2D eigenvalue weighted by Crippen LogP contribution is -2.36. The van der Waals surface area contributed by atoms with Gasteiger partial charge in [0.05, 0.1) is 5.56 Å². The first-order valence-corrected chi connectivity index (χ1v) is 10.2. The van der Waals surface area contributed by atoms with Crippen molar-refractivity contribution in [1.82, 2.24) is 5.32 Å². The zero-order chi connectivity index (χ0) is 22.7. The molecule has 0 aliphatic heterocycles. The second kappa shape index (κ2) is 9.10. The SMILES string of the molecule is N#Cc1ccc(C(O)C(O)CNC(=O)OCC2c3ccccc3-c3ccccc32)cc1O. The first kappa shape index (κ1) is 21.4. The number of phenolic OH excluding ortho intramolecular Hbond substituents is 1. The van der Waals surface area contributed by atoms with Crippen LogP contribution in [0.2, 0.25) is 0 Å². The predicted molar refractivity (Wildman–Crippen MR) is 117 cm³/mol. The van der Waals surface area contributed by atoms with E-state index in [0.717, 1.165) is 22.3 Å². The van der Waals surface area contributed by atoms with Crippen LogP contribution in [0.3, 0.4) is 0 Å². The van der Waals surface area contributed by atoms with E-state index < -0.39 is 18.3 Å². The number of carbonyl (C=O) groups is 1. The number of nitrogens with one attached hydrogen (secondary N) is 1. The third kappa shape index (κ3) is 4.14. The second-order valence-electron chi connectivity index (χ2n) is 7.61. The first-order valence-electron chi connectivity index (χ1n) is 10.2. The van der Waals surface area contributed by atoms with Gasteiger partial charge in [-0.05, 0) is 39.9 Å². The van der Waals surface area contributed by atoms with Crippen molar-refractivity contribution >= 4 is 6.09 Å². The molecule has 4 N–H and O–H groups in total. The molecule has 0 heterocycles. The van der Waals surface area contributed by atoms with Crippen LogP contribution in [0, 0.1) is 11.3 Å². The van der Waals surface area contributed by atoms with Gasteiger partial charge in [0.2, 0.25) is 0 Å². The number of phenols is 1. The van der Waals surface area contributed by atoms with Crippen molar-refractivity contribution < 1.29 is 24.9 Å². The van der Waals surface area contributed by atoms with Crippen LogP contribution in [0.15, 0.2) is 66.7 Å². The fraction of sp³-hybridized carbons (Fsp3) is 0.200. The topological polar surface area (TPSA) is 123 Å². The lowest BCUT2D eigenvalue weighted by Gasteiger charge is -2.19. The number of alkyl carbamates (subject to hydrolysis) is 1. The van der Waals surface area contributed by atoms with Gasteiger partial charge >= 0.3 is 6.09 Å². The molecule has 7 nitrogen and oxygen atoms in total. The van der Waals surface area contributed by atoms with Crippen LogP contribution in [0.4, 0.5) is 4.79 Å². The largest absolute Gasteiger partial charge is 0.507 e. The number of benzene rings is 3. The molecular formula is C25H22N2O5. The van der Waals surface area contributed by atoms with Crippen molar-refractivity contribution in [3.63, 3.8) is 0 Å². The number of hydrogen-bond donors (Lipinski definition) is 4. The maximum atomic E-state index is 12.2. The zero-order valence-electron chi connectivity index (χ0n) is 17.1. The van der Waals surface area contributed by atoms with E-state index >= 15 is 0 Å². The molecule has 0 spiro atoms. The number of nitriles is 1. The van der Waals surface area contributed by atoms with Gasteiger partial charge in [0.1, 0.15) is 30.6 Å². The van der Waals surface area contributed by atoms with Crippen molar-refractivity contribution in [2.75, 3.05) is 13.2 Å². The number of carbonyl (C=O) groups excluding carboxylic acids is 1. The number of aromatic hydroxyl groups is 1. The summed E-state index contributed by atoms with van der Waals surface area (Å²) in [5, 5.41) is 41.5. The quantitative estimate of drug-likeness (QED) is 0.476. The van der Waals surface area contributed by atoms with Gasteiger partial charge in [-0.2, -0.15) is 5.26 Å². The van der Waals surface area contributed by atoms with Gasteiger partial charge in [-0.3, -0.25) is 0 Å². The monoisotopic (exact) mass is 430 g/mol. The number of rotatable bonds is 6. The van der Waals surface area contributed by atoms with Crippen LogP contribution in [-0.2, 0) is 4.74 Å². The van der Waals surface area contributed by atoms with E-state index in [1.54, 1.807) is 0 Å². The highest BCUT2D eigenvalue weighted by molar-refractivity contribution is 5.79. The summed E-state index contributed by atoms with van der Waals surface area (Å²) in [5.41, 5.74) is 4.73. The minimum atomic E-state index is -1.36. The fourth-order valence-electron chi connectivity index (χ4n) is 4.00. The number of amides is 1. The van der Waals surface area contributed by atoms with Gasteiger partial charge in [0.15, 0.2) is 0 Å². The Kier molecular flexibility index (Phi) is 6.08. The average molecular weight is 430 g/mol. The maximum Gasteiger partial charge on any atom is 0.407 e. The number of nitrogens with zero attached hydrogens (tertiary/aromatic N) is 1. The van der Waals surface area contributed by atoms with Crippen LogP contribution in [0.25, 0.3) is 11.1 Å². The predicted octanol–water partition coefficient (Wildman–Crippen LogP) is 3.20. The van der Waals surface area contributed by atoms with Gasteiger partial charge in [0.25, 0.3) is 0 Å². The molecule has 1 aliphatic rings. The molecule has 0 saturated heterocycles. The number of ether oxygens (including phenoxy) is 1. The molecule has 3 aromatic carbocycles. The van der Waals surface area contributed by atoms with Crippen LogP contribution in [0.1, 0.15) is 34.3 Å². The summed E-state index contributed by atoms with van der Waals surface area (Å²) in [5.74, 6) is -0.369. The molecule has 1 aliphatic carbocycles. The summed E-state index contributed by atoms with van der Waals surface area (Å²) in [7, 11) is 0. The first-order chi connectivity index (χ1) is 15.5. The van der Waals surface area contributed by atoms with E-state index in [4.69, 9.17) is 10.00 Å². The smallest absolute Gasteiger partial charge is 0.407 e. The highest BCUT2D eigenvalue weighted by Crippen LogP contribution is 2.44. The maximum absolute atomic E-state index is 12.2. The lowest BCUT2D eigenvalue weighted by molar-refractivity contribution is 0.0184. The van der Waals surface area contributed by atoms with E-state index in [-0.39, 0.29) is 35.9 Å². The Hall–Kier alpha value is -3.86. The van der Waals surface area contributed by atoms with E-state index in [1.807, 2.05) is 54.6 Å². The number of aliphatic hydroxyl groups excluding tert-OH is 2. The Morgan fingerprint density at radius 3 is 2.25 bits per heavy atom. The summed E-state index contributed by atoms with van der Waals surface area (Å²) in [6, 6.07) is 21.8. The molecule has 0 bridgehead atoms. The van der Waals surface area contributed by atoms with Crippen LogP contribution in [-0.4, -0.2) is 40.7 Å². The molecular weight excluding hydrogens is 408 g/mol. The van der Waals surface area contributed by atoms with E-state index in [1.165, 1.54) is 18.2 Å². The minimum Gasteiger partial charge on any atom is -0.507 e. The molecule has 2 unspecified atom stereocenters. The van der Waals surface area contributed by atoms with Crippen LogP contribution < -0.4 is 5.32 Å². The third-order valence-electron chi connectivity index (χ3n) is 5.65. The summed E-state index contributed by atoms with van der Waals surface area (Å²) in [6.45, 7) is -0.111. The fourth-order valence-corrected chi connectivity index (χ4v) is 4.00. The summed E-state index contributed by atoms with van der Waals surface area (Å²) in [6.07, 6.45) is -3.40. The van der Waals surface area contributed by atoms with E-state index in [0.29, 0.717) is 0 Å². The molecule has 0 aromatic heterocycles. The lowest BCUT2D eigenvalue weighted by atomic mass is 9.98. The molecule has 0 radical (unpaired) electrons. The van der Waals surface area contributed by atoms with Crippen LogP contribution >= 0.6 is 0 Å². The second-order valence-corrected chi connectivity index (χ2v) is 7.61. The molecule has 32 heavy (non-hydrogen) atoms. The molecule has 2 atom stereocenters. The molecule has 0 fully saturated rings. The number of aliphatic hydroxyl groups is 2. The van der Waals surface area contributed by atoms with Crippen molar-refractivity contribution in [3.8, 4) is 22.9 Å². The van der Waals surface area contributed by atoms with E-state index in [9.17, 15) is 20.1 Å². The van der Waals surface area contributed by atoms with Crippen molar-refractivity contribution in [3.05, 3.63) is 89.0 Å². The van der Waals surface area contributed by atoms with Gasteiger partial charge in [-0.25, -0.2) is 4.79 Å². The highest BCUT2D eigenvalue weighted by atomic mass is 16.5. The Labute approximate surface area is 185 Å². The molecule has 3 aromatic rings. The van der Waals surface area contributed by atoms with Crippen molar-refractivity contribution in [2.24, 2.45) is 0 Å². The Morgan fingerprint density at radius 1 is 1.03 bits per heavy atom. The highest BCUT2D eigenvalue weighted by Gasteiger charge is 2.29. The van der Waals surface area contributed by atoms with Gasteiger partial charge in [-0.15, -0.1) is 0 Å². The number of fused-ring (bicyclic) bond motifs is 3. The number of hydrogen-bond acceptors (Lipinski definition) is 6. The summed E-state index contributed by atoms with van der Waals surface area (Å²) >= 11 is 0. The molecule has 7 heteroatoms. The summed E-state index contributed by atoms with van der Waals surface area (Å²) < 4.78 is 5.41. The van der Waals surface area contributed by atoms with Crippen molar-refractivity contribution in [1.29, 1.82) is 5.26 Å². The average Bonchev–Trinajstić information content (AvgIpc) is 3.14. The minimum absolute atomic E-state index is 0.0622. The molecule has 0 saturated carbocycles. The normalized spacial score (nSPS) is 14.0. The Morgan fingerprint density at radius 2 is 1.66 bits per heavy atom. The summed E-state index contributed by atoms with van der Waals surface area (Å²) in [4.78, 5) is 12.2. The molecule has 1 amide bonds. The Bertz CT molecular complexity index is 1140.